The predicted molar refractivity (Wildman–Crippen MR) is 90.3 cm³/mol. The fraction of sp³-hybridized carbons (Fsp3) is 0.588. The number of hydrogen-bond donors (Lipinski definition) is 1. The highest BCUT2D eigenvalue weighted by atomic mass is 35.5. The summed E-state index contributed by atoms with van der Waals surface area (Å²) in [5.41, 5.74) is 1.71. The summed E-state index contributed by atoms with van der Waals surface area (Å²) >= 11 is 6.11. The highest BCUT2D eigenvalue weighted by Crippen LogP contribution is 2.31. The molecule has 1 rings (SSSR count). The first-order chi connectivity index (χ1) is 11.5. The largest absolute Gasteiger partial charge is 0.483 e. The average molecular weight is 382 g/mol. The summed E-state index contributed by atoms with van der Waals surface area (Å²) in [6.45, 7) is 5.53. The van der Waals surface area contributed by atoms with Gasteiger partial charge in [-0.3, -0.25) is 4.79 Å². The highest BCUT2D eigenvalue weighted by molar-refractivity contribution is 6.31. The fourth-order valence-electron chi connectivity index (χ4n) is 2.10. The van der Waals surface area contributed by atoms with E-state index in [-0.39, 0.29) is 19.1 Å². The fourth-order valence-corrected chi connectivity index (χ4v) is 2.27. The van der Waals surface area contributed by atoms with Gasteiger partial charge in [-0.2, -0.15) is 13.2 Å². The zero-order chi connectivity index (χ0) is 19.2. The first-order valence-corrected chi connectivity index (χ1v) is 8.24. The molecule has 25 heavy (non-hydrogen) atoms. The standard InChI is InChI=1S/C17H23ClF3NO3/c1-10(2)13-6-14(18)11(3)5-15(13)25-8-16(23)22-12(4)7-24-9-17(19,20)21/h5-6,10,12H,7-9H2,1-4H3,(H,22,23). The van der Waals surface area contributed by atoms with E-state index >= 15 is 0 Å². The topological polar surface area (TPSA) is 47.6 Å². The molecule has 1 aromatic carbocycles. The molecule has 0 bridgehead atoms. The quantitative estimate of drug-likeness (QED) is 0.733. The minimum Gasteiger partial charge on any atom is -0.483 e. The van der Waals surface area contributed by atoms with Crippen molar-refractivity contribution in [1.29, 1.82) is 0 Å². The van der Waals surface area contributed by atoms with Crippen LogP contribution in [0.5, 0.6) is 5.75 Å². The molecule has 0 saturated heterocycles. The molecular formula is C17H23ClF3NO3. The minimum absolute atomic E-state index is 0.158. The van der Waals surface area contributed by atoms with E-state index in [2.05, 4.69) is 10.1 Å². The lowest BCUT2D eigenvalue weighted by Gasteiger charge is -2.18. The summed E-state index contributed by atoms with van der Waals surface area (Å²) in [5, 5.41) is 3.15. The Bertz CT molecular complexity index is 591. The van der Waals surface area contributed by atoms with Gasteiger partial charge in [-0.25, -0.2) is 0 Å². The van der Waals surface area contributed by atoms with Gasteiger partial charge in [0.25, 0.3) is 5.91 Å². The van der Waals surface area contributed by atoms with Crippen LogP contribution in [-0.4, -0.2) is 37.9 Å². The molecule has 1 amide bonds. The van der Waals surface area contributed by atoms with Crippen LogP contribution in [0.15, 0.2) is 12.1 Å². The molecule has 1 atom stereocenters. The summed E-state index contributed by atoms with van der Waals surface area (Å²) in [5.74, 6) is 0.282. The number of alkyl halides is 3. The second-order valence-electron chi connectivity index (χ2n) is 6.18. The van der Waals surface area contributed by atoms with E-state index in [1.807, 2.05) is 26.8 Å². The molecule has 1 N–H and O–H groups in total. The molecular weight excluding hydrogens is 359 g/mol. The molecule has 0 aliphatic heterocycles. The van der Waals surface area contributed by atoms with Gasteiger partial charge in [0, 0.05) is 11.1 Å². The molecule has 0 aromatic heterocycles. The lowest BCUT2D eigenvalue weighted by Crippen LogP contribution is -2.39. The SMILES string of the molecule is Cc1cc(OCC(=O)NC(C)COCC(F)(F)F)c(C(C)C)cc1Cl. The van der Waals surface area contributed by atoms with Crippen molar-refractivity contribution in [2.24, 2.45) is 0 Å². The molecule has 0 heterocycles. The van der Waals surface area contributed by atoms with E-state index in [0.717, 1.165) is 11.1 Å². The van der Waals surface area contributed by atoms with Crippen molar-refractivity contribution in [3.8, 4) is 5.75 Å². The first kappa shape index (κ1) is 21.6. The molecule has 0 saturated carbocycles. The predicted octanol–water partition coefficient (Wildman–Crippen LogP) is 4.23. The minimum atomic E-state index is -4.38. The van der Waals surface area contributed by atoms with Crippen LogP contribution in [0, 0.1) is 6.92 Å². The van der Waals surface area contributed by atoms with Crippen molar-refractivity contribution in [2.45, 2.75) is 45.8 Å². The lowest BCUT2D eigenvalue weighted by atomic mass is 10.0. The summed E-state index contributed by atoms with van der Waals surface area (Å²) in [4.78, 5) is 11.9. The number of halogens is 4. The van der Waals surface area contributed by atoms with Crippen molar-refractivity contribution in [1.82, 2.24) is 5.32 Å². The van der Waals surface area contributed by atoms with Gasteiger partial charge in [0.15, 0.2) is 6.61 Å². The summed E-state index contributed by atoms with van der Waals surface area (Å²) in [6, 6.07) is 3.01. The van der Waals surface area contributed by atoms with Crippen LogP contribution in [0.2, 0.25) is 5.02 Å². The Kier molecular flexibility index (Phi) is 8.02. The van der Waals surface area contributed by atoms with Crippen LogP contribution < -0.4 is 10.1 Å². The maximum Gasteiger partial charge on any atom is 0.411 e. The molecule has 0 spiro atoms. The van der Waals surface area contributed by atoms with E-state index in [0.29, 0.717) is 10.8 Å². The third kappa shape index (κ3) is 7.96. The number of nitrogens with one attached hydrogen (secondary N) is 1. The van der Waals surface area contributed by atoms with E-state index < -0.39 is 24.7 Å². The zero-order valence-electron chi connectivity index (χ0n) is 14.7. The molecule has 4 nitrogen and oxygen atoms in total. The maximum atomic E-state index is 12.0. The third-order valence-electron chi connectivity index (χ3n) is 3.31. The van der Waals surface area contributed by atoms with E-state index in [1.165, 1.54) is 0 Å². The van der Waals surface area contributed by atoms with Gasteiger partial charge in [-0.15, -0.1) is 0 Å². The van der Waals surface area contributed by atoms with Gasteiger partial charge in [-0.05, 0) is 43.0 Å². The van der Waals surface area contributed by atoms with Gasteiger partial charge in [-0.1, -0.05) is 25.4 Å². The maximum absolute atomic E-state index is 12.0. The number of hydrogen-bond acceptors (Lipinski definition) is 3. The van der Waals surface area contributed by atoms with Crippen LogP contribution >= 0.6 is 11.6 Å². The van der Waals surface area contributed by atoms with Crippen molar-refractivity contribution >= 4 is 17.5 Å². The smallest absolute Gasteiger partial charge is 0.411 e. The van der Waals surface area contributed by atoms with Gasteiger partial charge in [0.2, 0.25) is 0 Å². The normalized spacial score (nSPS) is 13.0. The Balaban J connectivity index is 2.52. The van der Waals surface area contributed by atoms with Crippen LogP contribution in [0.4, 0.5) is 13.2 Å². The van der Waals surface area contributed by atoms with Crippen molar-refractivity contribution in [3.05, 3.63) is 28.3 Å². The van der Waals surface area contributed by atoms with Crippen LogP contribution in [-0.2, 0) is 9.53 Å². The number of amides is 1. The molecule has 0 radical (unpaired) electrons. The summed E-state index contributed by atoms with van der Waals surface area (Å²) < 4.78 is 46.1. The number of rotatable bonds is 8. The van der Waals surface area contributed by atoms with Crippen LogP contribution in [0.1, 0.15) is 37.8 Å². The van der Waals surface area contributed by atoms with E-state index in [9.17, 15) is 18.0 Å². The number of carbonyl (C=O) groups is 1. The second-order valence-corrected chi connectivity index (χ2v) is 6.59. The number of ether oxygens (including phenoxy) is 2. The summed E-state index contributed by atoms with van der Waals surface area (Å²) in [7, 11) is 0. The van der Waals surface area contributed by atoms with E-state index in [4.69, 9.17) is 16.3 Å². The first-order valence-electron chi connectivity index (χ1n) is 7.86. The Morgan fingerprint density at radius 1 is 1.28 bits per heavy atom. The van der Waals surface area contributed by atoms with Crippen molar-refractivity contribution < 1.29 is 27.4 Å². The average Bonchev–Trinajstić information content (AvgIpc) is 2.46. The Labute approximate surface area is 150 Å². The Morgan fingerprint density at radius 2 is 1.92 bits per heavy atom. The number of aryl methyl sites for hydroxylation is 1. The molecule has 1 unspecified atom stereocenters. The zero-order valence-corrected chi connectivity index (χ0v) is 15.4. The number of carbonyl (C=O) groups excluding carboxylic acids is 1. The lowest BCUT2D eigenvalue weighted by molar-refractivity contribution is -0.175. The molecule has 142 valence electrons. The monoisotopic (exact) mass is 381 g/mol. The van der Waals surface area contributed by atoms with Crippen LogP contribution in [0.25, 0.3) is 0 Å². The van der Waals surface area contributed by atoms with Gasteiger partial charge in [0.05, 0.1) is 6.61 Å². The molecule has 0 aliphatic carbocycles. The van der Waals surface area contributed by atoms with Gasteiger partial charge < -0.3 is 14.8 Å². The Morgan fingerprint density at radius 3 is 2.48 bits per heavy atom. The van der Waals surface area contributed by atoms with Crippen molar-refractivity contribution in [3.63, 3.8) is 0 Å². The number of benzene rings is 1. The second kappa shape index (κ2) is 9.29. The van der Waals surface area contributed by atoms with Crippen molar-refractivity contribution in [2.75, 3.05) is 19.8 Å². The molecule has 8 heteroatoms. The van der Waals surface area contributed by atoms with Crippen LogP contribution in [0.3, 0.4) is 0 Å². The van der Waals surface area contributed by atoms with Gasteiger partial charge >= 0.3 is 6.18 Å². The molecule has 0 fully saturated rings. The van der Waals surface area contributed by atoms with E-state index in [1.54, 1.807) is 13.0 Å². The third-order valence-corrected chi connectivity index (χ3v) is 3.72. The van der Waals surface area contributed by atoms with Gasteiger partial charge in [0.1, 0.15) is 12.4 Å². The highest BCUT2D eigenvalue weighted by Gasteiger charge is 2.27. The Hall–Kier alpha value is -1.47. The molecule has 1 aromatic rings. The molecule has 0 aliphatic rings. The summed E-state index contributed by atoms with van der Waals surface area (Å²) in [6.07, 6.45) is -4.38.